The van der Waals surface area contributed by atoms with E-state index in [9.17, 15) is 4.79 Å². The van der Waals surface area contributed by atoms with Crippen molar-refractivity contribution in [2.24, 2.45) is 0 Å². The average Bonchev–Trinajstić information content (AvgIpc) is 2.80. The first-order chi connectivity index (χ1) is 7.40. The minimum absolute atomic E-state index is 0.231. The maximum atomic E-state index is 9.92. The number of nitrogens with zero attached hydrogens (tertiary/aromatic N) is 2. The van der Waals surface area contributed by atoms with Gasteiger partial charge in [0.1, 0.15) is 12.3 Å². The second kappa shape index (κ2) is 4.65. The van der Waals surface area contributed by atoms with Crippen LogP contribution < -0.4 is 0 Å². The molecule has 0 saturated heterocycles. The lowest BCUT2D eigenvalue weighted by Crippen LogP contribution is -1.90. The zero-order valence-electron chi connectivity index (χ0n) is 7.71. The van der Waals surface area contributed by atoms with Gasteiger partial charge >= 0.3 is 6.47 Å². The summed E-state index contributed by atoms with van der Waals surface area (Å²) in [5.41, 5.74) is 2.71. The Bertz CT molecular complexity index is 442. The summed E-state index contributed by atoms with van der Waals surface area (Å²) in [5, 5.41) is 5.83. The summed E-state index contributed by atoms with van der Waals surface area (Å²) in [6.45, 7) is 1.63. The Balaban J connectivity index is 2.23. The van der Waals surface area contributed by atoms with E-state index in [1.807, 2.05) is 29.6 Å². The van der Waals surface area contributed by atoms with Gasteiger partial charge in [-0.1, -0.05) is 22.7 Å². The lowest BCUT2D eigenvalue weighted by atomic mass is 10.1. The van der Waals surface area contributed by atoms with Gasteiger partial charge < -0.3 is 4.74 Å². The summed E-state index contributed by atoms with van der Waals surface area (Å²) in [4.78, 5) is 9.92. The average molecular weight is 219 g/mol. The molecular weight excluding hydrogens is 212 g/mol. The molecule has 0 saturated carbocycles. The van der Waals surface area contributed by atoms with Gasteiger partial charge in [0.05, 0.1) is 0 Å². The monoisotopic (exact) mass is 219 g/mol. The first-order valence-electron chi connectivity index (χ1n) is 4.25. The van der Waals surface area contributed by atoms with Crippen molar-refractivity contribution in [3.63, 3.8) is 0 Å². The van der Waals surface area contributed by atoms with E-state index in [2.05, 4.69) is 14.3 Å². The van der Waals surface area contributed by atoms with Crippen LogP contribution in [-0.4, -0.2) is 16.1 Å². The van der Waals surface area contributed by atoms with Crippen LogP contribution >= 0.6 is 11.5 Å². The molecule has 0 atom stereocenters. The lowest BCUT2D eigenvalue weighted by molar-refractivity contribution is 0.267. The Morgan fingerprint density at radius 3 is 3.13 bits per heavy atom. The predicted octanol–water partition coefficient (Wildman–Crippen LogP) is 1.79. The van der Waals surface area contributed by atoms with E-state index in [0.29, 0.717) is 0 Å². The fourth-order valence-electron chi connectivity index (χ4n) is 1.22. The van der Waals surface area contributed by atoms with Crippen LogP contribution in [0.1, 0.15) is 5.56 Å². The van der Waals surface area contributed by atoms with E-state index in [0.717, 1.165) is 16.8 Å². The molecule has 0 aliphatic heterocycles. The molecular formula is C10H7N2O2S. The van der Waals surface area contributed by atoms with Crippen LogP contribution in [0.2, 0.25) is 0 Å². The molecule has 0 unspecified atom stereocenters. The van der Waals surface area contributed by atoms with E-state index in [-0.39, 0.29) is 6.61 Å². The van der Waals surface area contributed by atoms with Crippen molar-refractivity contribution in [2.45, 2.75) is 6.61 Å². The van der Waals surface area contributed by atoms with Gasteiger partial charge in [0.25, 0.3) is 0 Å². The van der Waals surface area contributed by atoms with Gasteiger partial charge in [-0.25, -0.2) is 4.79 Å². The van der Waals surface area contributed by atoms with Gasteiger partial charge in [-0.15, -0.1) is 5.10 Å². The van der Waals surface area contributed by atoms with Crippen molar-refractivity contribution >= 4 is 18.0 Å². The fourth-order valence-corrected chi connectivity index (χ4v) is 1.69. The standard InChI is InChI=1S/C10H7N2O2S/c13-7-14-5-8-2-1-3-9(4-8)10-6-15-12-11-10/h1-4,6H,5H2. The fraction of sp³-hybridized carbons (Fsp3) is 0.100. The number of benzene rings is 1. The van der Waals surface area contributed by atoms with Crippen molar-refractivity contribution in [1.82, 2.24) is 9.59 Å². The third-order valence-electron chi connectivity index (χ3n) is 1.88. The van der Waals surface area contributed by atoms with Gasteiger partial charge in [0.2, 0.25) is 0 Å². The first-order valence-corrected chi connectivity index (χ1v) is 5.09. The molecule has 2 aromatic rings. The molecule has 1 aromatic carbocycles. The largest absolute Gasteiger partial charge is 0.452 e. The number of rotatable bonds is 4. The number of hydrogen-bond acceptors (Lipinski definition) is 5. The minimum Gasteiger partial charge on any atom is -0.452 e. The van der Waals surface area contributed by atoms with Gasteiger partial charge in [-0.2, -0.15) is 0 Å². The van der Waals surface area contributed by atoms with Crippen LogP contribution in [0.5, 0.6) is 0 Å². The SMILES string of the molecule is O=[C]OCc1cccc(-c2csnn2)c1. The van der Waals surface area contributed by atoms with Crippen LogP contribution in [0.4, 0.5) is 0 Å². The Morgan fingerprint density at radius 1 is 1.47 bits per heavy atom. The third kappa shape index (κ3) is 2.38. The highest BCUT2D eigenvalue weighted by Gasteiger charge is 2.01. The summed E-state index contributed by atoms with van der Waals surface area (Å²) in [7, 11) is 0. The highest BCUT2D eigenvalue weighted by molar-refractivity contribution is 7.03. The van der Waals surface area contributed by atoms with Crippen LogP contribution in [0.3, 0.4) is 0 Å². The Labute approximate surface area is 90.7 Å². The molecule has 1 radical (unpaired) electrons. The normalized spacial score (nSPS) is 9.87. The van der Waals surface area contributed by atoms with E-state index in [1.54, 1.807) is 0 Å². The molecule has 0 fully saturated rings. The molecule has 0 N–H and O–H groups in total. The maximum Gasteiger partial charge on any atom is 0.417 e. The van der Waals surface area contributed by atoms with Crippen molar-refractivity contribution in [3.05, 3.63) is 35.2 Å². The van der Waals surface area contributed by atoms with Gasteiger partial charge in [-0.3, -0.25) is 0 Å². The Hall–Kier alpha value is -1.75. The van der Waals surface area contributed by atoms with E-state index >= 15 is 0 Å². The highest BCUT2D eigenvalue weighted by Crippen LogP contribution is 2.19. The number of carbonyl (C=O) groups excluding carboxylic acids is 1. The summed E-state index contributed by atoms with van der Waals surface area (Å²) >= 11 is 1.30. The van der Waals surface area contributed by atoms with Crippen molar-refractivity contribution in [1.29, 1.82) is 0 Å². The third-order valence-corrected chi connectivity index (χ3v) is 2.39. The van der Waals surface area contributed by atoms with Crippen molar-refractivity contribution in [2.75, 3.05) is 0 Å². The van der Waals surface area contributed by atoms with Crippen LogP contribution in [0.25, 0.3) is 11.3 Å². The molecule has 4 nitrogen and oxygen atoms in total. The molecule has 0 aliphatic carbocycles. The van der Waals surface area contributed by atoms with Crippen molar-refractivity contribution in [3.8, 4) is 11.3 Å². The van der Waals surface area contributed by atoms with Gasteiger partial charge in [0.15, 0.2) is 0 Å². The molecule has 0 spiro atoms. The highest BCUT2D eigenvalue weighted by atomic mass is 32.1. The van der Waals surface area contributed by atoms with Crippen molar-refractivity contribution < 1.29 is 9.53 Å². The second-order valence-electron chi connectivity index (χ2n) is 2.86. The zero-order valence-corrected chi connectivity index (χ0v) is 8.53. The second-order valence-corrected chi connectivity index (χ2v) is 3.47. The maximum absolute atomic E-state index is 9.92. The van der Waals surface area contributed by atoms with E-state index in [1.165, 1.54) is 18.0 Å². The quantitative estimate of drug-likeness (QED) is 0.786. The molecule has 1 heterocycles. The lowest BCUT2D eigenvalue weighted by Gasteiger charge is -2.00. The van der Waals surface area contributed by atoms with Crippen LogP contribution in [0.15, 0.2) is 29.6 Å². The summed E-state index contributed by atoms with van der Waals surface area (Å²) < 4.78 is 8.34. The molecule has 0 bridgehead atoms. The van der Waals surface area contributed by atoms with E-state index < -0.39 is 0 Å². The Morgan fingerprint density at radius 2 is 2.40 bits per heavy atom. The zero-order chi connectivity index (χ0) is 10.5. The van der Waals surface area contributed by atoms with E-state index in [4.69, 9.17) is 0 Å². The predicted molar refractivity (Wildman–Crippen MR) is 55.8 cm³/mol. The molecule has 0 aliphatic rings. The number of hydrogen-bond donors (Lipinski definition) is 0. The molecule has 5 heteroatoms. The topological polar surface area (TPSA) is 52.1 Å². The van der Waals surface area contributed by atoms with Crippen LogP contribution in [-0.2, 0) is 16.1 Å². The number of ether oxygens (including phenoxy) is 1. The van der Waals surface area contributed by atoms with Gasteiger partial charge in [0, 0.05) is 10.9 Å². The van der Waals surface area contributed by atoms with Crippen LogP contribution in [0, 0.1) is 0 Å². The smallest absolute Gasteiger partial charge is 0.417 e. The van der Waals surface area contributed by atoms with Gasteiger partial charge in [-0.05, 0) is 23.2 Å². The molecule has 2 rings (SSSR count). The molecule has 15 heavy (non-hydrogen) atoms. The summed E-state index contributed by atoms with van der Waals surface area (Å²) in [5.74, 6) is 0. The molecule has 0 amide bonds. The molecule has 1 aromatic heterocycles. The molecule has 75 valence electrons. The number of aromatic nitrogens is 2. The Kier molecular flexibility index (Phi) is 3.04. The summed E-state index contributed by atoms with van der Waals surface area (Å²) in [6.07, 6.45) is 0. The first kappa shape index (κ1) is 9.79. The summed E-state index contributed by atoms with van der Waals surface area (Å²) in [6, 6.07) is 7.61. The minimum atomic E-state index is 0.231.